The minimum absolute atomic E-state index is 0.249. The average Bonchev–Trinajstić information content (AvgIpc) is 2.86. The van der Waals surface area contributed by atoms with E-state index in [1.54, 1.807) is 6.07 Å². The fourth-order valence-corrected chi connectivity index (χ4v) is 2.66. The van der Waals surface area contributed by atoms with Gasteiger partial charge in [0.1, 0.15) is 5.82 Å². The van der Waals surface area contributed by atoms with Gasteiger partial charge in [-0.25, -0.2) is 4.39 Å². The summed E-state index contributed by atoms with van der Waals surface area (Å²) in [6.07, 6.45) is 1.73. The van der Waals surface area contributed by atoms with Crippen LogP contribution in [-0.4, -0.2) is 10.1 Å². The summed E-state index contributed by atoms with van der Waals surface area (Å²) >= 11 is 1.46. The number of hydrogen-bond acceptors (Lipinski definition) is 5. The van der Waals surface area contributed by atoms with Crippen molar-refractivity contribution in [3.05, 3.63) is 41.8 Å². The second kappa shape index (κ2) is 6.37. The number of halogens is 1. The molecule has 1 atom stereocenters. The van der Waals surface area contributed by atoms with Gasteiger partial charge < -0.3 is 10.3 Å². The van der Waals surface area contributed by atoms with Crippen LogP contribution in [0.5, 0.6) is 0 Å². The van der Waals surface area contributed by atoms with E-state index in [9.17, 15) is 4.39 Å². The van der Waals surface area contributed by atoms with Crippen LogP contribution in [0, 0.1) is 5.82 Å². The number of nitrogens with two attached hydrogens (primary N) is 1. The first-order chi connectivity index (χ1) is 9.51. The average molecular weight is 295 g/mol. The summed E-state index contributed by atoms with van der Waals surface area (Å²) in [6.45, 7) is 3.94. The van der Waals surface area contributed by atoms with Crippen LogP contribution in [0.25, 0.3) is 0 Å². The van der Waals surface area contributed by atoms with Crippen molar-refractivity contribution >= 4 is 11.8 Å². The Morgan fingerprint density at radius 3 is 2.95 bits per heavy atom. The van der Waals surface area contributed by atoms with E-state index in [1.165, 1.54) is 23.9 Å². The van der Waals surface area contributed by atoms with Gasteiger partial charge in [-0.3, -0.25) is 0 Å². The molecule has 0 fully saturated rings. The van der Waals surface area contributed by atoms with Gasteiger partial charge in [0.15, 0.2) is 5.82 Å². The summed E-state index contributed by atoms with van der Waals surface area (Å²) < 4.78 is 18.3. The molecule has 0 spiro atoms. The van der Waals surface area contributed by atoms with Gasteiger partial charge in [0.2, 0.25) is 5.89 Å². The van der Waals surface area contributed by atoms with Crippen molar-refractivity contribution in [1.82, 2.24) is 10.1 Å². The third-order valence-corrected chi connectivity index (χ3v) is 3.88. The second-order valence-electron chi connectivity index (χ2n) is 4.93. The van der Waals surface area contributed by atoms with Crippen LogP contribution in [0.3, 0.4) is 0 Å². The molecule has 2 aromatic rings. The van der Waals surface area contributed by atoms with E-state index < -0.39 is 5.54 Å². The molecule has 0 bridgehead atoms. The second-order valence-corrected chi connectivity index (χ2v) is 5.98. The van der Waals surface area contributed by atoms with Gasteiger partial charge >= 0.3 is 0 Å². The molecule has 108 valence electrons. The quantitative estimate of drug-likeness (QED) is 0.827. The van der Waals surface area contributed by atoms with Crippen molar-refractivity contribution in [2.24, 2.45) is 5.73 Å². The predicted octanol–water partition coefficient (Wildman–Crippen LogP) is 3.48. The monoisotopic (exact) mass is 295 g/mol. The van der Waals surface area contributed by atoms with Gasteiger partial charge in [0.25, 0.3) is 0 Å². The molecule has 0 aliphatic heterocycles. The summed E-state index contributed by atoms with van der Waals surface area (Å²) in [6, 6.07) is 6.42. The van der Waals surface area contributed by atoms with Crippen LogP contribution < -0.4 is 5.73 Å². The molecule has 0 saturated carbocycles. The molecule has 6 heteroatoms. The van der Waals surface area contributed by atoms with Crippen LogP contribution in [0.4, 0.5) is 4.39 Å². The first-order valence-electron chi connectivity index (χ1n) is 6.51. The minimum atomic E-state index is -0.594. The molecule has 1 unspecified atom stereocenters. The molecule has 0 saturated heterocycles. The van der Waals surface area contributed by atoms with Crippen LogP contribution in [0.2, 0.25) is 0 Å². The molecule has 0 amide bonds. The highest BCUT2D eigenvalue weighted by molar-refractivity contribution is 7.98. The normalized spacial score (nSPS) is 14.2. The van der Waals surface area contributed by atoms with E-state index in [2.05, 4.69) is 17.1 Å². The number of aromatic nitrogens is 2. The van der Waals surface area contributed by atoms with Gasteiger partial charge in [-0.1, -0.05) is 24.6 Å². The number of nitrogens with zero attached hydrogens (tertiary/aromatic N) is 2. The number of rotatable bonds is 6. The minimum Gasteiger partial charge on any atom is -0.337 e. The Labute approximate surface area is 121 Å². The van der Waals surface area contributed by atoms with Gasteiger partial charge in [0, 0.05) is 4.90 Å². The van der Waals surface area contributed by atoms with Crippen molar-refractivity contribution in [3.63, 3.8) is 0 Å². The van der Waals surface area contributed by atoms with Gasteiger partial charge in [0.05, 0.1) is 11.3 Å². The maximum absolute atomic E-state index is 13.1. The van der Waals surface area contributed by atoms with E-state index >= 15 is 0 Å². The lowest BCUT2D eigenvalue weighted by atomic mass is 9.98. The summed E-state index contributed by atoms with van der Waals surface area (Å²) in [5.74, 6) is 1.30. The lowest BCUT2D eigenvalue weighted by molar-refractivity contribution is 0.282. The molecule has 1 aromatic carbocycles. The third-order valence-electron chi connectivity index (χ3n) is 2.89. The van der Waals surface area contributed by atoms with E-state index in [0.717, 1.165) is 17.7 Å². The molecule has 2 N–H and O–H groups in total. The standard InChI is InChI=1S/C14H18FN3OS/c1-3-7-14(2,16)13-17-12(18-19-13)9-20-11-6-4-5-10(15)8-11/h4-6,8H,3,7,9,16H2,1-2H3. The molecule has 1 heterocycles. The van der Waals surface area contributed by atoms with E-state index in [0.29, 0.717) is 17.5 Å². The fraction of sp³-hybridized carbons (Fsp3) is 0.429. The lowest BCUT2D eigenvalue weighted by Crippen LogP contribution is -2.33. The lowest BCUT2D eigenvalue weighted by Gasteiger charge is -2.18. The van der Waals surface area contributed by atoms with Crippen LogP contribution >= 0.6 is 11.8 Å². The van der Waals surface area contributed by atoms with Crippen LogP contribution in [-0.2, 0) is 11.3 Å². The van der Waals surface area contributed by atoms with Crippen LogP contribution in [0.1, 0.15) is 38.4 Å². The Bertz CT molecular complexity index is 571. The van der Waals surface area contributed by atoms with Gasteiger partial charge in [-0.2, -0.15) is 4.98 Å². The Morgan fingerprint density at radius 1 is 1.45 bits per heavy atom. The first kappa shape index (κ1) is 15.0. The zero-order valence-corrected chi connectivity index (χ0v) is 12.4. The fourth-order valence-electron chi connectivity index (χ4n) is 1.88. The Balaban J connectivity index is 2.00. The maximum Gasteiger partial charge on any atom is 0.246 e. The van der Waals surface area contributed by atoms with Crippen molar-refractivity contribution in [2.75, 3.05) is 0 Å². The Hall–Kier alpha value is -1.40. The zero-order valence-electron chi connectivity index (χ0n) is 11.6. The van der Waals surface area contributed by atoms with Gasteiger partial charge in [-0.15, -0.1) is 11.8 Å². The smallest absolute Gasteiger partial charge is 0.246 e. The molecule has 4 nitrogen and oxygen atoms in total. The maximum atomic E-state index is 13.1. The topological polar surface area (TPSA) is 64.9 Å². The van der Waals surface area contributed by atoms with E-state index in [1.807, 2.05) is 13.0 Å². The number of thioether (sulfide) groups is 1. The largest absolute Gasteiger partial charge is 0.337 e. The summed E-state index contributed by atoms with van der Waals surface area (Å²) in [4.78, 5) is 5.15. The first-order valence-corrected chi connectivity index (χ1v) is 7.50. The molecule has 0 aliphatic rings. The number of hydrogen-bond donors (Lipinski definition) is 1. The highest BCUT2D eigenvalue weighted by atomic mass is 32.2. The molecular formula is C14H18FN3OS. The Kier molecular flexibility index (Phi) is 4.77. The van der Waals surface area contributed by atoms with Gasteiger partial charge in [-0.05, 0) is 31.5 Å². The summed E-state index contributed by atoms with van der Waals surface area (Å²) in [5.41, 5.74) is 5.54. The van der Waals surface area contributed by atoms with E-state index in [-0.39, 0.29) is 5.82 Å². The number of benzene rings is 1. The summed E-state index contributed by atoms with van der Waals surface area (Å²) in [7, 11) is 0. The van der Waals surface area contributed by atoms with Crippen LogP contribution in [0.15, 0.2) is 33.7 Å². The molecule has 1 aromatic heterocycles. The van der Waals surface area contributed by atoms with Crippen molar-refractivity contribution in [3.8, 4) is 0 Å². The van der Waals surface area contributed by atoms with Crippen molar-refractivity contribution in [2.45, 2.75) is 42.9 Å². The molecule has 0 aliphatic carbocycles. The predicted molar refractivity (Wildman–Crippen MR) is 76.7 cm³/mol. The third kappa shape index (κ3) is 3.80. The molecule has 0 radical (unpaired) electrons. The highest BCUT2D eigenvalue weighted by Crippen LogP contribution is 2.25. The molecular weight excluding hydrogens is 277 g/mol. The Morgan fingerprint density at radius 2 is 2.25 bits per heavy atom. The molecule has 20 heavy (non-hydrogen) atoms. The van der Waals surface area contributed by atoms with Crippen molar-refractivity contribution < 1.29 is 8.91 Å². The highest BCUT2D eigenvalue weighted by Gasteiger charge is 2.27. The van der Waals surface area contributed by atoms with Crippen molar-refractivity contribution in [1.29, 1.82) is 0 Å². The SMILES string of the molecule is CCCC(C)(N)c1nc(CSc2cccc(F)c2)no1. The van der Waals surface area contributed by atoms with E-state index in [4.69, 9.17) is 10.3 Å². The zero-order chi connectivity index (χ0) is 14.6. The summed E-state index contributed by atoms with van der Waals surface area (Å²) in [5, 5.41) is 3.92. The molecule has 2 rings (SSSR count).